The van der Waals surface area contributed by atoms with E-state index in [1.165, 1.54) is 6.33 Å². The molecule has 0 atom stereocenters. The van der Waals surface area contributed by atoms with E-state index < -0.39 is 0 Å². The van der Waals surface area contributed by atoms with Gasteiger partial charge in [0.2, 0.25) is 0 Å². The standard InChI is InChI=1S/C11H17BrIN3O2/c1-8(2)16(4-6-18-5-3-12)10-9(13)11(17)15-7-14-10/h7-8H,3-6H2,1-2H3,(H,14,15,17). The van der Waals surface area contributed by atoms with Crippen molar-refractivity contribution in [3.05, 3.63) is 20.3 Å². The maximum atomic E-state index is 11.6. The molecule has 0 aromatic carbocycles. The monoisotopic (exact) mass is 429 g/mol. The van der Waals surface area contributed by atoms with Gasteiger partial charge in [0.05, 0.1) is 19.5 Å². The fraction of sp³-hybridized carbons (Fsp3) is 0.636. The number of aromatic amines is 1. The van der Waals surface area contributed by atoms with E-state index in [9.17, 15) is 4.79 Å². The summed E-state index contributed by atoms with van der Waals surface area (Å²) >= 11 is 5.34. The van der Waals surface area contributed by atoms with E-state index in [1.54, 1.807) is 0 Å². The minimum absolute atomic E-state index is 0.104. The van der Waals surface area contributed by atoms with E-state index in [0.29, 0.717) is 16.8 Å². The third-order valence-electron chi connectivity index (χ3n) is 2.37. The zero-order valence-corrected chi connectivity index (χ0v) is 14.2. The SMILES string of the molecule is CC(C)N(CCOCCBr)c1nc[nH]c(=O)c1I. The molecular formula is C11H17BrIN3O2. The van der Waals surface area contributed by atoms with Gasteiger partial charge in [0.1, 0.15) is 9.39 Å². The Hall–Kier alpha value is -0.150. The molecule has 0 amide bonds. The lowest BCUT2D eigenvalue weighted by Crippen LogP contribution is -2.36. The van der Waals surface area contributed by atoms with Crippen molar-refractivity contribution in [3.63, 3.8) is 0 Å². The number of hydrogen-bond acceptors (Lipinski definition) is 4. The smallest absolute Gasteiger partial charge is 0.266 e. The third-order valence-corrected chi connectivity index (χ3v) is 3.67. The Morgan fingerprint density at radius 1 is 1.56 bits per heavy atom. The zero-order chi connectivity index (χ0) is 13.5. The molecule has 1 heterocycles. The normalized spacial score (nSPS) is 10.9. The molecule has 0 fully saturated rings. The predicted octanol–water partition coefficient (Wildman–Crippen LogP) is 2.00. The van der Waals surface area contributed by atoms with Gasteiger partial charge in [-0.05, 0) is 36.4 Å². The second-order valence-corrected chi connectivity index (χ2v) is 5.83. The molecule has 0 saturated heterocycles. The molecule has 7 heteroatoms. The summed E-state index contributed by atoms with van der Waals surface area (Å²) in [4.78, 5) is 20.5. The summed E-state index contributed by atoms with van der Waals surface area (Å²) in [6.07, 6.45) is 1.44. The van der Waals surface area contributed by atoms with Gasteiger partial charge in [0, 0.05) is 17.9 Å². The molecular weight excluding hydrogens is 413 g/mol. The lowest BCUT2D eigenvalue weighted by atomic mass is 10.3. The number of nitrogens with zero attached hydrogens (tertiary/aromatic N) is 2. The van der Waals surface area contributed by atoms with Crippen molar-refractivity contribution in [2.75, 3.05) is 30.0 Å². The first-order valence-corrected chi connectivity index (χ1v) is 7.91. The van der Waals surface area contributed by atoms with Gasteiger partial charge in [-0.2, -0.15) is 0 Å². The van der Waals surface area contributed by atoms with Crippen LogP contribution in [0.2, 0.25) is 0 Å². The average Bonchev–Trinajstić information content (AvgIpc) is 2.33. The maximum absolute atomic E-state index is 11.6. The van der Waals surface area contributed by atoms with Gasteiger partial charge < -0.3 is 14.6 Å². The van der Waals surface area contributed by atoms with Crippen LogP contribution in [0.15, 0.2) is 11.1 Å². The van der Waals surface area contributed by atoms with E-state index in [0.717, 1.165) is 17.7 Å². The highest BCUT2D eigenvalue weighted by atomic mass is 127. The Bertz CT molecular complexity index is 425. The van der Waals surface area contributed by atoms with Crippen molar-refractivity contribution in [2.45, 2.75) is 19.9 Å². The highest BCUT2D eigenvalue weighted by molar-refractivity contribution is 14.1. The Balaban J connectivity index is 2.78. The Labute approximate surface area is 129 Å². The number of H-pyrrole nitrogens is 1. The second-order valence-electron chi connectivity index (χ2n) is 3.96. The van der Waals surface area contributed by atoms with Crippen LogP contribution < -0.4 is 10.5 Å². The molecule has 0 spiro atoms. The van der Waals surface area contributed by atoms with Crippen molar-refractivity contribution in [3.8, 4) is 0 Å². The summed E-state index contributed by atoms with van der Waals surface area (Å²) in [5.41, 5.74) is -0.104. The van der Waals surface area contributed by atoms with Crippen molar-refractivity contribution in [1.82, 2.24) is 9.97 Å². The molecule has 0 unspecified atom stereocenters. The lowest BCUT2D eigenvalue weighted by molar-refractivity contribution is 0.156. The highest BCUT2D eigenvalue weighted by Crippen LogP contribution is 2.17. The number of aromatic nitrogens is 2. The Kier molecular flexibility index (Phi) is 7.16. The summed E-state index contributed by atoms with van der Waals surface area (Å²) in [5, 5.41) is 0.829. The van der Waals surface area contributed by atoms with Crippen molar-refractivity contribution in [1.29, 1.82) is 0 Å². The van der Waals surface area contributed by atoms with Crippen LogP contribution in [0, 0.1) is 3.57 Å². The molecule has 1 aromatic heterocycles. The topological polar surface area (TPSA) is 58.2 Å². The van der Waals surface area contributed by atoms with E-state index in [4.69, 9.17) is 4.74 Å². The molecule has 0 saturated carbocycles. The van der Waals surface area contributed by atoms with E-state index >= 15 is 0 Å². The van der Waals surface area contributed by atoms with Crippen LogP contribution in [0.25, 0.3) is 0 Å². The molecule has 18 heavy (non-hydrogen) atoms. The van der Waals surface area contributed by atoms with E-state index in [-0.39, 0.29) is 11.6 Å². The summed E-state index contributed by atoms with van der Waals surface area (Å²) < 4.78 is 6.07. The molecule has 0 aliphatic heterocycles. The first-order valence-electron chi connectivity index (χ1n) is 5.71. The number of ether oxygens (including phenoxy) is 1. The third kappa shape index (κ3) is 4.51. The quantitative estimate of drug-likeness (QED) is 0.409. The molecule has 0 aliphatic carbocycles. The van der Waals surface area contributed by atoms with Gasteiger partial charge in [0.15, 0.2) is 0 Å². The van der Waals surface area contributed by atoms with Gasteiger partial charge in [-0.25, -0.2) is 4.98 Å². The summed E-state index contributed by atoms with van der Waals surface area (Å²) in [6, 6.07) is 0.264. The molecule has 1 rings (SSSR count). The number of rotatable bonds is 7. The van der Waals surface area contributed by atoms with Crippen LogP contribution >= 0.6 is 38.5 Å². The second kappa shape index (κ2) is 8.11. The van der Waals surface area contributed by atoms with Gasteiger partial charge >= 0.3 is 0 Å². The Morgan fingerprint density at radius 3 is 2.89 bits per heavy atom. The van der Waals surface area contributed by atoms with Crippen LogP contribution in [0.5, 0.6) is 0 Å². The average molecular weight is 430 g/mol. The fourth-order valence-electron chi connectivity index (χ4n) is 1.50. The first-order chi connectivity index (χ1) is 8.57. The van der Waals surface area contributed by atoms with Crippen molar-refractivity contribution in [2.24, 2.45) is 0 Å². The minimum Gasteiger partial charge on any atom is -0.379 e. The van der Waals surface area contributed by atoms with Gasteiger partial charge in [-0.3, -0.25) is 4.79 Å². The van der Waals surface area contributed by atoms with Crippen LogP contribution in [-0.4, -0.2) is 41.1 Å². The zero-order valence-electron chi connectivity index (χ0n) is 10.4. The van der Waals surface area contributed by atoms with Crippen LogP contribution in [-0.2, 0) is 4.74 Å². The van der Waals surface area contributed by atoms with Crippen LogP contribution in [0.4, 0.5) is 5.82 Å². The number of halogens is 2. The molecule has 1 aromatic rings. The summed E-state index contributed by atoms with van der Waals surface area (Å²) in [7, 11) is 0. The number of hydrogen-bond donors (Lipinski definition) is 1. The number of alkyl halides is 1. The predicted molar refractivity (Wildman–Crippen MR) is 84.7 cm³/mol. The van der Waals surface area contributed by atoms with Gasteiger partial charge in [0.25, 0.3) is 5.56 Å². The van der Waals surface area contributed by atoms with Crippen LogP contribution in [0.3, 0.4) is 0 Å². The minimum atomic E-state index is -0.104. The summed E-state index contributed by atoms with van der Waals surface area (Å²) in [6.45, 7) is 6.17. The molecule has 102 valence electrons. The van der Waals surface area contributed by atoms with Gasteiger partial charge in [-0.1, -0.05) is 15.9 Å². The van der Waals surface area contributed by atoms with Crippen LogP contribution in [0.1, 0.15) is 13.8 Å². The van der Waals surface area contributed by atoms with Crippen molar-refractivity contribution < 1.29 is 4.74 Å². The van der Waals surface area contributed by atoms with E-state index in [2.05, 4.69) is 44.6 Å². The first kappa shape index (κ1) is 15.9. The highest BCUT2D eigenvalue weighted by Gasteiger charge is 2.16. The Morgan fingerprint density at radius 2 is 2.28 bits per heavy atom. The lowest BCUT2D eigenvalue weighted by Gasteiger charge is -2.28. The molecule has 0 bridgehead atoms. The largest absolute Gasteiger partial charge is 0.379 e. The summed E-state index contributed by atoms with van der Waals surface area (Å²) in [5.74, 6) is 0.719. The molecule has 5 nitrogen and oxygen atoms in total. The van der Waals surface area contributed by atoms with Gasteiger partial charge in [-0.15, -0.1) is 0 Å². The number of nitrogens with one attached hydrogen (secondary N) is 1. The molecule has 1 N–H and O–H groups in total. The fourth-order valence-corrected chi connectivity index (χ4v) is 2.34. The van der Waals surface area contributed by atoms with Crippen molar-refractivity contribution >= 4 is 44.3 Å². The number of anilines is 1. The molecule has 0 aliphatic rings. The maximum Gasteiger partial charge on any atom is 0.266 e. The van der Waals surface area contributed by atoms with E-state index in [1.807, 2.05) is 22.6 Å². The molecule has 0 radical (unpaired) electrons.